The van der Waals surface area contributed by atoms with Gasteiger partial charge in [-0.25, -0.2) is 4.98 Å². The summed E-state index contributed by atoms with van der Waals surface area (Å²) in [7, 11) is 0. The molecule has 2 bridgehead atoms. The first-order valence-electron chi connectivity index (χ1n) is 9.06. The lowest BCUT2D eigenvalue weighted by Gasteiger charge is -2.44. The second kappa shape index (κ2) is 6.17. The van der Waals surface area contributed by atoms with Gasteiger partial charge in [-0.15, -0.1) is 0 Å². The number of hydrogen-bond acceptors (Lipinski definition) is 6. The number of H-pyrrole nitrogens is 1. The van der Waals surface area contributed by atoms with Gasteiger partial charge in [-0.2, -0.15) is 10.1 Å². The molecule has 3 fully saturated rings. The Kier molecular flexibility index (Phi) is 3.67. The molecule has 132 valence electrons. The van der Waals surface area contributed by atoms with Crippen molar-refractivity contribution in [2.24, 2.45) is 5.92 Å². The Morgan fingerprint density at radius 2 is 1.96 bits per heavy atom. The Balaban J connectivity index is 1.29. The Labute approximate surface area is 150 Å². The van der Waals surface area contributed by atoms with E-state index < -0.39 is 0 Å². The number of hydrogen-bond donors (Lipinski definition) is 2. The van der Waals surface area contributed by atoms with Crippen LogP contribution in [0.25, 0.3) is 11.0 Å². The molecule has 0 radical (unpaired) electrons. The number of anilines is 2. The third-order valence-corrected chi connectivity index (χ3v) is 5.53. The predicted octanol–water partition coefficient (Wildman–Crippen LogP) is 2.30. The lowest BCUT2D eigenvalue weighted by molar-refractivity contribution is -0.136. The number of benzene rings is 1. The second-order valence-electron chi connectivity index (χ2n) is 7.12. The predicted molar refractivity (Wildman–Crippen MR) is 98.2 cm³/mol. The average Bonchev–Trinajstić information content (AvgIpc) is 3.14. The van der Waals surface area contributed by atoms with Gasteiger partial charge >= 0.3 is 0 Å². The maximum absolute atomic E-state index is 12.5. The van der Waals surface area contributed by atoms with E-state index in [4.69, 9.17) is 0 Å². The van der Waals surface area contributed by atoms with Gasteiger partial charge in [0.1, 0.15) is 0 Å². The number of ketones is 1. The zero-order valence-electron chi connectivity index (χ0n) is 14.4. The zero-order chi connectivity index (χ0) is 17.5. The van der Waals surface area contributed by atoms with E-state index >= 15 is 0 Å². The summed E-state index contributed by atoms with van der Waals surface area (Å²) >= 11 is 0. The summed E-state index contributed by atoms with van der Waals surface area (Å²) in [5.41, 5.74) is 2.81. The van der Waals surface area contributed by atoms with E-state index in [9.17, 15) is 4.79 Å². The fourth-order valence-corrected chi connectivity index (χ4v) is 4.05. The first-order chi connectivity index (χ1) is 12.8. The second-order valence-corrected chi connectivity index (χ2v) is 7.12. The normalized spacial score (nSPS) is 24.9. The molecule has 3 saturated heterocycles. The van der Waals surface area contributed by atoms with Crippen LogP contribution in [0.4, 0.5) is 11.6 Å². The maximum Gasteiger partial charge on any atom is 0.229 e. The topological polar surface area (TPSA) is 86.8 Å². The maximum atomic E-state index is 12.5. The van der Waals surface area contributed by atoms with Crippen molar-refractivity contribution in [2.45, 2.75) is 25.3 Å². The number of carbonyl (C=O) groups excluding carboxylic acids is 1. The molecule has 1 aromatic carbocycles. The summed E-state index contributed by atoms with van der Waals surface area (Å²) < 4.78 is 0. The van der Waals surface area contributed by atoms with Crippen molar-refractivity contribution in [1.29, 1.82) is 0 Å². The van der Waals surface area contributed by atoms with E-state index in [-0.39, 0.29) is 6.04 Å². The van der Waals surface area contributed by atoms with Crippen LogP contribution in [0.15, 0.2) is 36.7 Å². The van der Waals surface area contributed by atoms with Gasteiger partial charge in [-0.1, -0.05) is 12.1 Å². The van der Waals surface area contributed by atoms with Gasteiger partial charge in [0.15, 0.2) is 11.4 Å². The molecule has 1 unspecified atom stereocenters. The Hall–Kier alpha value is -2.80. The summed E-state index contributed by atoms with van der Waals surface area (Å²) in [6.45, 7) is 2.13. The molecule has 2 N–H and O–H groups in total. The SMILES string of the molecule is O=C1C2CCN(CC2)C1Cc1ccc(Nc2ncc3cn[nH]c3n2)cc1. The van der Waals surface area contributed by atoms with Crippen molar-refractivity contribution < 1.29 is 4.79 Å². The molecule has 2 aromatic heterocycles. The van der Waals surface area contributed by atoms with Gasteiger partial charge in [0.2, 0.25) is 5.95 Å². The number of rotatable bonds is 4. The quantitative estimate of drug-likeness (QED) is 0.752. The third-order valence-electron chi connectivity index (χ3n) is 5.53. The van der Waals surface area contributed by atoms with E-state index in [1.807, 2.05) is 12.1 Å². The van der Waals surface area contributed by atoms with E-state index in [0.717, 1.165) is 43.4 Å². The van der Waals surface area contributed by atoms with Crippen molar-refractivity contribution in [3.05, 3.63) is 42.2 Å². The van der Waals surface area contributed by atoms with Gasteiger partial charge in [-0.05, 0) is 50.0 Å². The molecule has 7 nitrogen and oxygen atoms in total. The number of nitrogens with zero attached hydrogens (tertiary/aromatic N) is 4. The van der Waals surface area contributed by atoms with Gasteiger partial charge in [0.05, 0.1) is 17.6 Å². The van der Waals surface area contributed by atoms with Gasteiger partial charge < -0.3 is 5.32 Å². The number of fused-ring (bicyclic) bond motifs is 4. The molecule has 6 rings (SSSR count). The van der Waals surface area contributed by atoms with Crippen molar-refractivity contribution >= 4 is 28.5 Å². The van der Waals surface area contributed by atoms with Crippen LogP contribution in [0.2, 0.25) is 0 Å². The molecule has 3 aromatic rings. The molecule has 1 atom stereocenters. The first kappa shape index (κ1) is 15.5. The smallest absolute Gasteiger partial charge is 0.229 e. The van der Waals surface area contributed by atoms with Crippen LogP contribution in [-0.2, 0) is 11.2 Å². The van der Waals surface area contributed by atoms with E-state index in [0.29, 0.717) is 23.3 Å². The Morgan fingerprint density at radius 3 is 2.73 bits per heavy atom. The number of aromatic nitrogens is 4. The van der Waals surface area contributed by atoms with Crippen LogP contribution in [-0.4, -0.2) is 50.0 Å². The van der Waals surface area contributed by atoms with Crippen LogP contribution in [0.1, 0.15) is 18.4 Å². The Bertz CT molecular complexity index is 942. The molecule has 7 heteroatoms. The number of nitrogens with one attached hydrogen (secondary N) is 2. The minimum atomic E-state index is 0.0624. The Morgan fingerprint density at radius 1 is 1.15 bits per heavy atom. The molecular formula is C19H20N6O. The summed E-state index contributed by atoms with van der Waals surface area (Å²) in [5, 5.41) is 10.9. The highest BCUT2D eigenvalue weighted by Crippen LogP contribution is 2.30. The number of piperidine rings is 3. The van der Waals surface area contributed by atoms with E-state index in [1.54, 1.807) is 12.4 Å². The van der Waals surface area contributed by atoms with Gasteiger partial charge in [-0.3, -0.25) is 14.8 Å². The van der Waals surface area contributed by atoms with Crippen LogP contribution >= 0.6 is 0 Å². The molecule has 0 saturated carbocycles. The fourth-order valence-electron chi connectivity index (χ4n) is 4.05. The largest absolute Gasteiger partial charge is 0.324 e. The minimum absolute atomic E-state index is 0.0624. The molecule has 0 spiro atoms. The zero-order valence-corrected chi connectivity index (χ0v) is 14.4. The number of Topliss-reactive ketones (excluding diaryl/α,β-unsaturated/α-hetero) is 1. The molecule has 3 aliphatic rings. The van der Waals surface area contributed by atoms with E-state index in [1.165, 1.54) is 5.56 Å². The fraction of sp³-hybridized carbons (Fsp3) is 0.368. The van der Waals surface area contributed by atoms with Crippen LogP contribution < -0.4 is 5.32 Å². The summed E-state index contributed by atoms with van der Waals surface area (Å²) in [4.78, 5) is 23.5. The number of carbonyl (C=O) groups is 1. The monoisotopic (exact) mass is 348 g/mol. The number of aromatic amines is 1. The van der Waals surface area contributed by atoms with E-state index in [2.05, 4.69) is 42.5 Å². The van der Waals surface area contributed by atoms with Crippen molar-refractivity contribution in [1.82, 2.24) is 25.1 Å². The van der Waals surface area contributed by atoms with Crippen molar-refractivity contribution in [3.8, 4) is 0 Å². The summed E-state index contributed by atoms with van der Waals surface area (Å²) in [5.74, 6) is 1.26. The first-order valence-corrected chi connectivity index (χ1v) is 9.06. The molecule has 0 amide bonds. The lowest BCUT2D eigenvalue weighted by atomic mass is 9.80. The molecular weight excluding hydrogens is 328 g/mol. The standard InChI is InChI=1S/C19H20N6O/c26-17-13-5-7-25(8-6-13)16(17)9-12-1-3-15(4-2-12)22-19-20-10-14-11-21-24-18(14)23-19/h1-4,10-11,13,16H,5-9H2,(H2,20,21,22,23,24). The highest BCUT2D eigenvalue weighted by molar-refractivity contribution is 5.88. The van der Waals surface area contributed by atoms with Gasteiger partial charge in [0, 0.05) is 17.8 Å². The third kappa shape index (κ3) is 2.74. The average molecular weight is 348 g/mol. The summed E-state index contributed by atoms with van der Waals surface area (Å²) in [6, 6.07) is 8.24. The van der Waals surface area contributed by atoms with Crippen LogP contribution in [0.5, 0.6) is 0 Å². The minimum Gasteiger partial charge on any atom is -0.324 e. The van der Waals surface area contributed by atoms with Crippen molar-refractivity contribution in [2.75, 3.05) is 18.4 Å². The van der Waals surface area contributed by atoms with Crippen LogP contribution in [0.3, 0.4) is 0 Å². The molecule has 5 heterocycles. The van der Waals surface area contributed by atoms with Gasteiger partial charge in [0.25, 0.3) is 0 Å². The highest BCUT2D eigenvalue weighted by Gasteiger charge is 2.40. The highest BCUT2D eigenvalue weighted by atomic mass is 16.1. The molecule has 0 aliphatic carbocycles. The van der Waals surface area contributed by atoms with Crippen LogP contribution in [0, 0.1) is 5.92 Å². The molecule has 26 heavy (non-hydrogen) atoms. The molecule has 3 aliphatic heterocycles. The summed E-state index contributed by atoms with van der Waals surface area (Å²) in [6.07, 6.45) is 6.31. The lowest BCUT2D eigenvalue weighted by Crippen LogP contribution is -2.56. The van der Waals surface area contributed by atoms with Crippen molar-refractivity contribution in [3.63, 3.8) is 0 Å².